The van der Waals surface area contributed by atoms with Crippen LogP contribution in [0.4, 0.5) is 0 Å². The minimum atomic E-state index is -0.375. The molecule has 0 aliphatic carbocycles. The van der Waals surface area contributed by atoms with Crippen molar-refractivity contribution in [2.45, 2.75) is 6.92 Å². The van der Waals surface area contributed by atoms with Crippen LogP contribution in [0, 0.1) is 5.51 Å². The first kappa shape index (κ1) is 10.7. The van der Waals surface area contributed by atoms with Gasteiger partial charge in [-0.25, -0.2) is 0 Å². The van der Waals surface area contributed by atoms with E-state index in [0.29, 0.717) is 12.3 Å². The van der Waals surface area contributed by atoms with E-state index in [4.69, 9.17) is 0 Å². The quantitative estimate of drug-likeness (QED) is 0.427. The van der Waals surface area contributed by atoms with Crippen LogP contribution in [0.1, 0.15) is 17.4 Å². The summed E-state index contributed by atoms with van der Waals surface area (Å²) in [6, 6.07) is 0. The van der Waals surface area contributed by atoms with Gasteiger partial charge in [0, 0.05) is 25.2 Å². The Labute approximate surface area is 81.5 Å². The van der Waals surface area contributed by atoms with Crippen molar-refractivity contribution in [1.29, 1.82) is 0 Å². The first-order valence-electron chi connectivity index (χ1n) is 2.83. The van der Waals surface area contributed by atoms with Crippen LogP contribution in [-0.4, -0.2) is 17.6 Å². The molecular weight excluding hydrogens is 216 g/mol. The molecule has 1 aromatic heterocycles. The van der Waals surface area contributed by atoms with Gasteiger partial charge in [-0.15, -0.1) is 5.38 Å². The summed E-state index contributed by atoms with van der Waals surface area (Å²) in [6.45, 7) is 2.14. The molecule has 56 valence electrons. The molecule has 0 radical (unpaired) electrons. The number of esters is 1. The Morgan fingerprint density at radius 2 is 2.64 bits per heavy atom. The molecule has 0 N–H and O–H groups in total. The zero-order chi connectivity index (χ0) is 7.40. The number of rotatable bonds is 2. The van der Waals surface area contributed by atoms with E-state index in [0.717, 1.165) is 0 Å². The first-order valence-corrected chi connectivity index (χ1v) is 3.71. The van der Waals surface area contributed by atoms with Crippen molar-refractivity contribution < 1.29 is 29.0 Å². The van der Waals surface area contributed by atoms with Crippen molar-refractivity contribution >= 4 is 17.3 Å². The Balaban J connectivity index is 0.000001000. The average Bonchev–Trinajstić information content (AvgIpc) is 2.38. The molecule has 1 rings (SSSR count). The minimum absolute atomic E-state index is 0. The molecule has 3 nitrogen and oxygen atoms in total. The Morgan fingerprint density at radius 3 is 3.09 bits per heavy atom. The Morgan fingerprint density at radius 1 is 1.91 bits per heavy atom. The fraction of sp³-hybridized carbons (Fsp3) is 0.333. The van der Waals surface area contributed by atoms with Crippen LogP contribution in [-0.2, 0) is 24.2 Å². The third-order valence-corrected chi connectivity index (χ3v) is 1.41. The van der Waals surface area contributed by atoms with Gasteiger partial charge in [0.25, 0.3) is 5.97 Å². The predicted octanol–water partition coefficient (Wildman–Crippen LogP) is 1.12. The number of thiazole rings is 1. The summed E-state index contributed by atoms with van der Waals surface area (Å²) < 4.78 is 4.67. The normalized spacial score (nSPS) is 8.45. The van der Waals surface area contributed by atoms with Gasteiger partial charge in [0.15, 0.2) is 0 Å². The number of carbonyl (C=O) groups excluding carboxylic acids is 1. The van der Waals surface area contributed by atoms with Crippen LogP contribution in [0.2, 0.25) is 0 Å². The van der Waals surface area contributed by atoms with Gasteiger partial charge in [-0.1, -0.05) is 0 Å². The van der Waals surface area contributed by atoms with Gasteiger partial charge in [-0.05, 0) is 12.4 Å². The third kappa shape index (κ3) is 3.08. The minimum Gasteiger partial charge on any atom is -0.471 e. The maximum atomic E-state index is 10.8. The molecule has 0 fully saturated rings. The molecule has 0 aliphatic heterocycles. The van der Waals surface area contributed by atoms with E-state index in [-0.39, 0.29) is 25.4 Å². The summed E-state index contributed by atoms with van der Waals surface area (Å²) in [4.78, 5) is 14.5. The van der Waals surface area contributed by atoms with Gasteiger partial charge >= 0.3 is 0 Å². The molecule has 0 aliphatic rings. The predicted molar refractivity (Wildman–Crippen MR) is 36.9 cm³/mol. The monoisotopic (exact) mass is 220 g/mol. The fourth-order valence-electron chi connectivity index (χ4n) is 0.483. The number of hydrogen-bond acceptors (Lipinski definition) is 4. The summed E-state index contributed by atoms with van der Waals surface area (Å²) in [5, 5.41) is 1.61. The van der Waals surface area contributed by atoms with Gasteiger partial charge in [-0.2, -0.15) is 0 Å². The maximum Gasteiger partial charge on any atom is 0.288 e. The number of aromatic nitrogens is 1. The Hall–Kier alpha value is -0.277. The number of nitrogens with zero attached hydrogens (tertiary/aromatic N) is 1. The second kappa shape index (κ2) is 5.38. The van der Waals surface area contributed by atoms with Gasteiger partial charge in [0.05, 0.1) is 6.61 Å². The molecule has 0 unspecified atom stereocenters. The molecule has 0 spiro atoms. The summed E-state index contributed by atoms with van der Waals surface area (Å²) in [5.41, 5.74) is 2.90. The molecule has 0 atom stereocenters. The third-order valence-electron chi connectivity index (χ3n) is 0.874. The second-order valence-electron chi connectivity index (χ2n) is 1.54. The topological polar surface area (TPSA) is 39.2 Å². The Bertz CT molecular complexity index is 212. The molecule has 1 heterocycles. The molecule has 0 saturated carbocycles. The zero-order valence-electron chi connectivity index (χ0n) is 6.16. The molecule has 0 amide bonds. The van der Waals surface area contributed by atoms with E-state index < -0.39 is 0 Å². The largest absolute Gasteiger partial charge is 0.471 e. The Kier molecular flexibility index (Phi) is 5.25. The SMILES string of the molecule is CCOC(=O)c1cs[c-]n1.[Zn]. The van der Waals surface area contributed by atoms with Gasteiger partial charge in [-0.3, -0.25) is 16.1 Å². The number of hydrogen-bond donors (Lipinski definition) is 0. The summed E-state index contributed by atoms with van der Waals surface area (Å²) in [7, 11) is 0. The van der Waals surface area contributed by atoms with Crippen molar-refractivity contribution in [2.24, 2.45) is 0 Å². The maximum absolute atomic E-state index is 10.8. The van der Waals surface area contributed by atoms with Crippen LogP contribution in [0.5, 0.6) is 0 Å². The van der Waals surface area contributed by atoms with E-state index in [1.807, 2.05) is 0 Å². The molecule has 5 heteroatoms. The average molecular weight is 222 g/mol. The summed E-state index contributed by atoms with van der Waals surface area (Å²) >= 11 is 1.26. The van der Waals surface area contributed by atoms with Crippen LogP contribution >= 0.6 is 11.3 Å². The summed E-state index contributed by atoms with van der Waals surface area (Å²) in [6.07, 6.45) is 0. The van der Waals surface area contributed by atoms with Crippen LogP contribution < -0.4 is 0 Å². The van der Waals surface area contributed by atoms with E-state index in [1.54, 1.807) is 12.3 Å². The molecule has 0 bridgehead atoms. The van der Waals surface area contributed by atoms with Crippen molar-refractivity contribution in [3.8, 4) is 0 Å². The van der Waals surface area contributed by atoms with E-state index >= 15 is 0 Å². The van der Waals surface area contributed by atoms with Crippen LogP contribution in [0.15, 0.2) is 5.38 Å². The van der Waals surface area contributed by atoms with E-state index in [9.17, 15) is 4.79 Å². The number of ether oxygens (including phenoxy) is 1. The molecule has 1 aromatic rings. The van der Waals surface area contributed by atoms with E-state index in [2.05, 4.69) is 15.2 Å². The molecule has 11 heavy (non-hydrogen) atoms. The first-order chi connectivity index (χ1) is 4.84. The molecular formula is C6H6NO2SZn-. The molecule has 0 saturated heterocycles. The number of carbonyl (C=O) groups is 1. The van der Waals surface area contributed by atoms with Crippen molar-refractivity contribution in [2.75, 3.05) is 6.61 Å². The van der Waals surface area contributed by atoms with Gasteiger partial charge < -0.3 is 9.72 Å². The second-order valence-corrected chi connectivity index (χ2v) is 2.20. The van der Waals surface area contributed by atoms with Crippen molar-refractivity contribution in [1.82, 2.24) is 4.98 Å². The smallest absolute Gasteiger partial charge is 0.288 e. The van der Waals surface area contributed by atoms with Crippen molar-refractivity contribution in [3.05, 3.63) is 16.6 Å². The van der Waals surface area contributed by atoms with Gasteiger partial charge in [0.1, 0.15) is 0 Å². The van der Waals surface area contributed by atoms with Crippen LogP contribution in [0.25, 0.3) is 0 Å². The van der Waals surface area contributed by atoms with Gasteiger partial charge in [0.2, 0.25) is 0 Å². The summed E-state index contributed by atoms with van der Waals surface area (Å²) in [5.74, 6) is -0.375. The van der Waals surface area contributed by atoms with Crippen molar-refractivity contribution in [3.63, 3.8) is 0 Å². The van der Waals surface area contributed by atoms with Crippen LogP contribution in [0.3, 0.4) is 0 Å². The zero-order valence-corrected chi connectivity index (χ0v) is 9.95. The molecule has 0 aromatic carbocycles. The van der Waals surface area contributed by atoms with E-state index in [1.165, 1.54) is 11.3 Å². The standard InChI is InChI=1S/C6H6NO2S.Zn/c1-2-9-6(8)5-3-10-4-7-5;/h3H,2H2,1H3;/q-1;. The fourth-order valence-corrected chi connectivity index (χ4v) is 0.947.